The minimum Gasteiger partial charge on any atom is -0.462 e. The summed E-state index contributed by atoms with van der Waals surface area (Å²) in [7, 11) is -4.40. The van der Waals surface area contributed by atoms with Crippen molar-refractivity contribution in [1.82, 2.24) is 0 Å². The number of carbonyl (C=O) groups excluding carboxylic acids is 3. The summed E-state index contributed by atoms with van der Waals surface area (Å²) in [6.07, 6.45) is 34.2. The van der Waals surface area contributed by atoms with Crippen molar-refractivity contribution >= 4 is 25.5 Å². The molecule has 0 radical (unpaired) electrons. The van der Waals surface area contributed by atoms with E-state index in [9.17, 15) is 23.8 Å². The lowest BCUT2D eigenvalue weighted by atomic mass is 10.1. The molecular weight excluding hydrogens is 657 g/mol. The monoisotopic (exact) mass is 725 g/mol. The van der Waals surface area contributed by atoms with Crippen molar-refractivity contribution in [3.63, 3.8) is 0 Å². The van der Waals surface area contributed by atoms with E-state index in [4.69, 9.17) is 24.3 Å². The first kappa shape index (κ1) is 47.6. The van der Waals surface area contributed by atoms with Gasteiger partial charge < -0.3 is 20.1 Å². The Hall–Kier alpha value is -2.36. The van der Waals surface area contributed by atoms with Crippen molar-refractivity contribution in [3.8, 4) is 0 Å². The van der Waals surface area contributed by atoms with E-state index >= 15 is 0 Å². The predicted octanol–water partition coefficient (Wildman–Crippen LogP) is 9.56. The van der Waals surface area contributed by atoms with E-state index in [1.54, 1.807) is 12.2 Å². The second-order valence-electron chi connectivity index (χ2n) is 12.5. The van der Waals surface area contributed by atoms with E-state index in [-0.39, 0.29) is 38.4 Å². The van der Waals surface area contributed by atoms with Gasteiger partial charge in [0, 0.05) is 25.8 Å². The van der Waals surface area contributed by atoms with Gasteiger partial charge in [0.1, 0.15) is 6.61 Å². The highest BCUT2D eigenvalue weighted by molar-refractivity contribution is 7.47. The average molecular weight is 726 g/mol. The van der Waals surface area contributed by atoms with Gasteiger partial charge in [0.05, 0.1) is 13.2 Å². The molecule has 0 bridgehead atoms. The molecule has 1 unspecified atom stereocenters. The molecule has 0 aliphatic carbocycles. The van der Waals surface area contributed by atoms with Gasteiger partial charge in [0.25, 0.3) is 0 Å². The third-order valence-corrected chi connectivity index (χ3v) is 8.68. The fourth-order valence-corrected chi connectivity index (χ4v) is 5.58. The maximum Gasteiger partial charge on any atom is 0.472 e. The van der Waals surface area contributed by atoms with Crippen molar-refractivity contribution in [2.75, 3.05) is 26.4 Å². The molecule has 0 aliphatic rings. The van der Waals surface area contributed by atoms with Crippen LogP contribution in [0, 0.1) is 0 Å². The number of allylic oxidation sites excluding steroid dienone is 8. The number of ether oxygens (including phenoxy) is 2. The van der Waals surface area contributed by atoms with Gasteiger partial charge in [-0.3, -0.25) is 23.4 Å². The number of rotatable bonds is 35. The van der Waals surface area contributed by atoms with Gasteiger partial charge in [-0.15, -0.1) is 0 Å². The Kier molecular flexibility index (Phi) is 33.4. The average Bonchev–Trinajstić information content (AvgIpc) is 3.09. The third kappa shape index (κ3) is 34.1. The Labute approximate surface area is 302 Å². The lowest BCUT2D eigenvalue weighted by Gasteiger charge is -2.19. The lowest BCUT2D eigenvalue weighted by molar-refractivity contribution is -0.161. The molecule has 0 aliphatic heterocycles. The standard InChI is InChI=1S/C39H68NO9P/c1-3-5-7-8-9-10-12-16-19-22-26-30-38(42)46-34-37(35-48-50(44,45)47-33-32-40)49-39(43)31-27-23-20-17-14-11-13-15-18-21-25-29-36(41)28-24-6-4-2/h11,13,17-18,20-21,25,29,37H,3-10,12,14-16,19,22-24,26-28,30-35,40H2,1-2H3,(H,44,45)/b13-11-,20-17-,21-18-,29-25+/t37-/m1/s1. The molecule has 50 heavy (non-hydrogen) atoms. The number of phosphoric acid groups is 1. The van der Waals surface area contributed by atoms with Crippen LogP contribution in [0.1, 0.15) is 149 Å². The molecule has 0 spiro atoms. The van der Waals surface area contributed by atoms with Crippen molar-refractivity contribution < 1.29 is 42.4 Å². The van der Waals surface area contributed by atoms with E-state index in [1.807, 2.05) is 24.3 Å². The van der Waals surface area contributed by atoms with Crippen molar-refractivity contribution in [2.45, 2.75) is 155 Å². The molecule has 3 N–H and O–H groups in total. The molecule has 0 rings (SSSR count). The van der Waals surface area contributed by atoms with Gasteiger partial charge in [0.2, 0.25) is 0 Å². The van der Waals surface area contributed by atoms with Crippen LogP contribution in [-0.2, 0) is 37.5 Å². The molecule has 0 amide bonds. The topological polar surface area (TPSA) is 151 Å². The third-order valence-electron chi connectivity index (χ3n) is 7.69. The summed E-state index contributed by atoms with van der Waals surface area (Å²) in [6.45, 7) is 3.45. The van der Waals surface area contributed by atoms with Crippen molar-refractivity contribution in [1.29, 1.82) is 0 Å². The molecule has 0 aromatic carbocycles. The molecule has 2 atom stereocenters. The zero-order chi connectivity index (χ0) is 37.0. The first-order valence-electron chi connectivity index (χ1n) is 19.1. The van der Waals surface area contributed by atoms with E-state index in [0.717, 1.165) is 51.4 Å². The van der Waals surface area contributed by atoms with Gasteiger partial charge >= 0.3 is 19.8 Å². The van der Waals surface area contributed by atoms with E-state index in [0.29, 0.717) is 19.3 Å². The summed E-state index contributed by atoms with van der Waals surface area (Å²) in [5.41, 5.74) is 5.32. The highest BCUT2D eigenvalue weighted by Crippen LogP contribution is 2.43. The van der Waals surface area contributed by atoms with Crippen LogP contribution in [-0.4, -0.2) is 55.1 Å². The number of phosphoric ester groups is 1. The number of nitrogens with two attached hydrogens (primary N) is 1. The van der Waals surface area contributed by atoms with Crippen LogP contribution in [0.2, 0.25) is 0 Å². The van der Waals surface area contributed by atoms with Crippen LogP contribution in [0.3, 0.4) is 0 Å². The van der Waals surface area contributed by atoms with E-state index < -0.39 is 32.5 Å². The van der Waals surface area contributed by atoms with Crippen LogP contribution in [0.5, 0.6) is 0 Å². The summed E-state index contributed by atoms with van der Waals surface area (Å²) in [5, 5.41) is 0. The molecule has 0 heterocycles. The number of carbonyl (C=O) groups is 3. The number of ketones is 1. The molecule has 0 saturated carbocycles. The Bertz CT molecular complexity index is 1030. The van der Waals surface area contributed by atoms with Crippen LogP contribution in [0.25, 0.3) is 0 Å². The molecule has 11 heteroatoms. The first-order chi connectivity index (χ1) is 24.2. The van der Waals surface area contributed by atoms with Crippen LogP contribution >= 0.6 is 7.82 Å². The molecule has 0 aromatic heterocycles. The van der Waals surface area contributed by atoms with Gasteiger partial charge in [-0.1, -0.05) is 133 Å². The molecular formula is C39H68NO9P. The first-order valence-corrected chi connectivity index (χ1v) is 20.6. The summed E-state index contributed by atoms with van der Waals surface area (Å²) in [4.78, 5) is 46.3. The van der Waals surface area contributed by atoms with Crippen molar-refractivity contribution in [2.24, 2.45) is 5.73 Å². The highest BCUT2D eigenvalue weighted by atomic mass is 31.2. The zero-order valence-corrected chi connectivity index (χ0v) is 32.0. The van der Waals surface area contributed by atoms with Crippen LogP contribution in [0.15, 0.2) is 48.6 Å². The quantitative estimate of drug-likeness (QED) is 0.0161. The largest absolute Gasteiger partial charge is 0.472 e. The number of esters is 2. The predicted molar refractivity (Wildman–Crippen MR) is 201 cm³/mol. The van der Waals surface area contributed by atoms with Gasteiger partial charge in [0.15, 0.2) is 11.9 Å². The Morgan fingerprint density at radius 1 is 0.660 bits per heavy atom. The second kappa shape index (κ2) is 35.1. The normalized spacial score (nSPS) is 13.8. The molecule has 0 aromatic rings. The molecule has 0 fully saturated rings. The number of hydrogen-bond donors (Lipinski definition) is 2. The maximum absolute atomic E-state index is 12.5. The molecule has 10 nitrogen and oxygen atoms in total. The summed E-state index contributed by atoms with van der Waals surface area (Å²) >= 11 is 0. The second-order valence-corrected chi connectivity index (χ2v) is 13.9. The SMILES string of the molecule is CCCCCCCCCCCCCC(=O)OC[C@H](COP(=O)(O)OCCN)OC(=O)CCC/C=C\C/C=C\C/C=C\C=C\C(=O)CCCCC. The van der Waals surface area contributed by atoms with E-state index in [2.05, 4.69) is 26.0 Å². The Balaban J connectivity index is 4.39. The zero-order valence-electron chi connectivity index (χ0n) is 31.1. The fourth-order valence-electron chi connectivity index (χ4n) is 4.82. The molecule has 0 saturated heterocycles. The Morgan fingerprint density at radius 3 is 1.88 bits per heavy atom. The smallest absolute Gasteiger partial charge is 0.462 e. The highest BCUT2D eigenvalue weighted by Gasteiger charge is 2.25. The minimum atomic E-state index is -4.40. The lowest BCUT2D eigenvalue weighted by Crippen LogP contribution is -2.29. The molecule has 288 valence electrons. The van der Waals surface area contributed by atoms with Gasteiger partial charge in [-0.25, -0.2) is 4.57 Å². The summed E-state index contributed by atoms with van der Waals surface area (Å²) in [6, 6.07) is 0. The number of unbranched alkanes of at least 4 members (excludes halogenated alkanes) is 13. The van der Waals surface area contributed by atoms with Crippen LogP contribution < -0.4 is 5.73 Å². The van der Waals surface area contributed by atoms with Crippen molar-refractivity contribution in [3.05, 3.63) is 48.6 Å². The van der Waals surface area contributed by atoms with Gasteiger partial charge in [-0.05, 0) is 44.6 Å². The van der Waals surface area contributed by atoms with E-state index in [1.165, 1.54) is 51.4 Å². The number of hydrogen-bond acceptors (Lipinski definition) is 9. The van der Waals surface area contributed by atoms with Crippen LogP contribution in [0.4, 0.5) is 0 Å². The van der Waals surface area contributed by atoms with Gasteiger partial charge in [-0.2, -0.15) is 0 Å². The minimum absolute atomic E-state index is 0.0340. The fraction of sp³-hybridized carbons (Fsp3) is 0.718. The Morgan fingerprint density at radius 2 is 1.22 bits per heavy atom. The maximum atomic E-state index is 12.5. The summed E-state index contributed by atoms with van der Waals surface area (Å²) in [5.74, 6) is -0.767. The summed E-state index contributed by atoms with van der Waals surface area (Å²) < 4.78 is 32.5.